The topological polar surface area (TPSA) is 35.2 Å². The normalized spacial score (nSPS) is 11.8. The van der Waals surface area contributed by atoms with Crippen molar-refractivity contribution in [1.29, 1.82) is 0 Å². The molecule has 0 heterocycles. The number of unbranched alkanes of at least 4 members (excludes halogenated alkanes) is 1. The zero-order valence-corrected chi connectivity index (χ0v) is 9.07. The second kappa shape index (κ2) is 6.10. The lowest BCUT2D eigenvalue weighted by Gasteiger charge is -2.11. The van der Waals surface area contributed by atoms with Crippen LogP contribution in [0, 0.1) is 12.3 Å². The van der Waals surface area contributed by atoms with Crippen LogP contribution in [0.25, 0.3) is 0 Å². The standard InChI is InChI=1S/C13H17NO/c1-3-4-5-6-13(14)11-7-9-12(15-2)10-8-11/h1,7-10,13H,4-6,14H2,2H3. The molecule has 1 unspecified atom stereocenters. The highest BCUT2D eigenvalue weighted by Crippen LogP contribution is 2.19. The quantitative estimate of drug-likeness (QED) is 0.589. The molecule has 0 aliphatic rings. The molecule has 1 atom stereocenters. The average molecular weight is 203 g/mol. The van der Waals surface area contributed by atoms with Crippen LogP contribution in [0.3, 0.4) is 0 Å². The largest absolute Gasteiger partial charge is 0.497 e. The number of hydrogen-bond acceptors (Lipinski definition) is 2. The van der Waals surface area contributed by atoms with Crippen molar-refractivity contribution < 1.29 is 4.74 Å². The van der Waals surface area contributed by atoms with Crippen molar-refractivity contribution >= 4 is 0 Å². The monoisotopic (exact) mass is 203 g/mol. The number of terminal acetylenes is 1. The van der Waals surface area contributed by atoms with Gasteiger partial charge in [-0.05, 0) is 30.5 Å². The zero-order chi connectivity index (χ0) is 11.1. The third kappa shape index (κ3) is 3.65. The van der Waals surface area contributed by atoms with Crippen molar-refractivity contribution in [2.75, 3.05) is 7.11 Å². The predicted molar refractivity (Wildman–Crippen MR) is 62.6 cm³/mol. The summed E-state index contributed by atoms with van der Waals surface area (Å²) < 4.78 is 5.08. The Hall–Kier alpha value is -1.46. The van der Waals surface area contributed by atoms with Crippen LogP contribution in [-0.2, 0) is 0 Å². The van der Waals surface area contributed by atoms with E-state index in [4.69, 9.17) is 16.9 Å². The second-order valence-electron chi connectivity index (χ2n) is 3.48. The van der Waals surface area contributed by atoms with Crippen LogP contribution in [0.5, 0.6) is 5.75 Å². The van der Waals surface area contributed by atoms with Gasteiger partial charge in [0.2, 0.25) is 0 Å². The fraction of sp³-hybridized carbons (Fsp3) is 0.385. The highest BCUT2D eigenvalue weighted by molar-refractivity contribution is 5.28. The maximum atomic E-state index is 6.02. The Labute approximate surface area is 91.4 Å². The highest BCUT2D eigenvalue weighted by atomic mass is 16.5. The van der Waals surface area contributed by atoms with Crippen molar-refractivity contribution in [2.24, 2.45) is 5.73 Å². The lowest BCUT2D eigenvalue weighted by Crippen LogP contribution is -2.09. The van der Waals surface area contributed by atoms with E-state index < -0.39 is 0 Å². The first-order valence-electron chi connectivity index (χ1n) is 5.11. The molecule has 1 aromatic carbocycles. The Morgan fingerprint density at radius 3 is 2.60 bits per heavy atom. The van der Waals surface area contributed by atoms with Crippen LogP contribution in [-0.4, -0.2) is 7.11 Å². The van der Waals surface area contributed by atoms with Crippen molar-refractivity contribution in [1.82, 2.24) is 0 Å². The van der Waals surface area contributed by atoms with Gasteiger partial charge in [0, 0.05) is 12.5 Å². The maximum absolute atomic E-state index is 6.02. The number of hydrogen-bond donors (Lipinski definition) is 1. The van der Waals surface area contributed by atoms with Crippen LogP contribution in [0.2, 0.25) is 0 Å². The molecule has 0 aliphatic heterocycles. The van der Waals surface area contributed by atoms with Gasteiger partial charge in [0.15, 0.2) is 0 Å². The van der Waals surface area contributed by atoms with E-state index in [0.717, 1.165) is 30.6 Å². The summed E-state index contributed by atoms with van der Waals surface area (Å²) in [6, 6.07) is 7.93. The van der Waals surface area contributed by atoms with Crippen LogP contribution in [0.15, 0.2) is 24.3 Å². The first kappa shape index (κ1) is 11.6. The molecule has 15 heavy (non-hydrogen) atoms. The van der Waals surface area contributed by atoms with Gasteiger partial charge in [-0.3, -0.25) is 0 Å². The molecule has 0 radical (unpaired) electrons. The van der Waals surface area contributed by atoms with Crippen LogP contribution < -0.4 is 10.5 Å². The molecule has 0 bridgehead atoms. The van der Waals surface area contributed by atoms with Gasteiger partial charge in [-0.15, -0.1) is 12.3 Å². The number of nitrogens with two attached hydrogens (primary N) is 1. The molecule has 2 heteroatoms. The number of methoxy groups -OCH3 is 1. The minimum absolute atomic E-state index is 0.0734. The van der Waals surface area contributed by atoms with E-state index in [1.807, 2.05) is 24.3 Å². The average Bonchev–Trinajstić information content (AvgIpc) is 2.29. The lowest BCUT2D eigenvalue weighted by molar-refractivity contribution is 0.414. The first-order valence-corrected chi connectivity index (χ1v) is 5.11. The summed E-state index contributed by atoms with van der Waals surface area (Å²) in [5.41, 5.74) is 7.15. The summed E-state index contributed by atoms with van der Waals surface area (Å²) in [4.78, 5) is 0. The number of rotatable bonds is 5. The van der Waals surface area contributed by atoms with Crippen LogP contribution in [0.1, 0.15) is 30.9 Å². The molecule has 0 amide bonds. The van der Waals surface area contributed by atoms with E-state index in [2.05, 4.69) is 5.92 Å². The summed E-state index contributed by atoms with van der Waals surface area (Å²) in [5.74, 6) is 3.47. The Morgan fingerprint density at radius 1 is 1.40 bits per heavy atom. The van der Waals surface area contributed by atoms with E-state index in [-0.39, 0.29) is 6.04 Å². The van der Waals surface area contributed by atoms with E-state index in [1.165, 1.54) is 0 Å². The predicted octanol–water partition coefficient (Wildman–Crippen LogP) is 2.50. The molecule has 0 fully saturated rings. The molecule has 2 N–H and O–H groups in total. The summed E-state index contributed by atoms with van der Waals surface area (Å²) in [7, 11) is 1.65. The molecular weight excluding hydrogens is 186 g/mol. The van der Waals surface area contributed by atoms with Crippen molar-refractivity contribution in [3.05, 3.63) is 29.8 Å². The van der Waals surface area contributed by atoms with Crippen LogP contribution in [0.4, 0.5) is 0 Å². The third-order valence-corrected chi connectivity index (χ3v) is 2.38. The summed E-state index contributed by atoms with van der Waals surface area (Å²) in [5, 5.41) is 0. The van der Waals surface area contributed by atoms with E-state index in [9.17, 15) is 0 Å². The molecule has 0 aliphatic carbocycles. The minimum Gasteiger partial charge on any atom is -0.497 e. The smallest absolute Gasteiger partial charge is 0.118 e. The molecule has 80 valence electrons. The number of benzene rings is 1. The molecule has 1 rings (SSSR count). The van der Waals surface area contributed by atoms with Crippen molar-refractivity contribution in [3.8, 4) is 18.1 Å². The minimum atomic E-state index is 0.0734. The second-order valence-corrected chi connectivity index (χ2v) is 3.48. The Kier molecular flexibility index (Phi) is 4.73. The van der Waals surface area contributed by atoms with E-state index >= 15 is 0 Å². The van der Waals surface area contributed by atoms with Gasteiger partial charge >= 0.3 is 0 Å². The van der Waals surface area contributed by atoms with Gasteiger partial charge in [0.05, 0.1) is 7.11 Å². The highest BCUT2D eigenvalue weighted by Gasteiger charge is 2.04. The molecule has 0 saturated heterocycles. The summed E-state index contributed by atoms with van der Waals surface area (Å²) >= 11 is 0. The zero-order valence-electron chi connectivity index (χ0n) is 9.07. The Bertz CT molecular complexity index is 323. The van der Waals surface area contributed by atoms with E-state index in [1.54, 1.807) is 7.11 Å². The third-order valence-electron chi connectivity index (χ3n) is 2.38. The lowest BCUT2D eigenvalue weighted by atomic mass is 10.0. The van der Waals surface area contributed by atoms with Gasteiger partial charge < -0.3 is 10.5 Å². The summed E-state index contributed by atoms with van der Waals surface area (Å²) in [6.45, 7) is 0. The Balaban J connectivity index is 2.51. The fourth-order valence-corrected chi connectivity index (χ4v) is 1.44. The van der Waals surface area contributed by atoms with Gasteiger partial charge in [-0.2, -0.15) is 0 Å². The van der Waals surface area contributed by atoms with Gasteiger partial charge in [-0.1, -0.05) is 12.1 Å². The molecule has 0 saturated carbocycles. The SMILES string of the molecule is C#CCCCC(N)c1ccc(OC)cc1. The molecular formula is C13H17NO. The first-order chi connectivity index (χ1) is 7.27. The molecule has 0 spiro atoms. The van der Waals surface area contributed by atoms with E-state index in [0.29, 0.717) is 0 Å². The van der Waals surface area contributed by atoms with Gasteiger partial charge in [0.1, 0.15) is 5.75 Å². The van der Waals surface area contributed by atoms with Gasteiger partial charge in [0.25, 0.3) is 0 Å². The van der Waals surface area contributed by atoms with Crippen molar-refractivity contribution in [3.63, 3.8) is 0 Å². The van der Waals surface area contributed by atoms with Gasteiger partial charge in [-0.25, -0.2) is 0 Å². The fourth-order valence-electron chi connectivity index (χ4n) is 1.44. The maximum Gasteiger partial charge on any atom is 0.118 e. The van der Waals surface area contributed by atoms with Crippen LogP contribution >= 0.6 is 0 Å². The Morgan fingerprint density at radius 2 is 2.07 bits per heavy atom. The van der Waals surface area contributed by atoms with Crippen molar-refractivity contribution in [2.45, 2.75) is 25.3 Å². The molecule has 2 nitrogen and oxygen atoms in total. The summed E-state index contributed by atoms with van der Waals surface area (Å²) in [6.07, 6.45) is 7.88. The number of ether oxygens (including phenoxy) is 1. The molecule has 1 aromatic rings. The molecule has 0 aromatic heterocycles.